The van der Waals surface area contributed by atoms with E-state index in [0.717, 1.165) is 10.6 Å². The summed E-state index contributed by atoms with van der Waals surface area (Å²) in [6.07, 6.45) is 1.36. The van der Waals surface area contributed by atoms with Crippen molar-refractivity contribution in [2.75, 3.05) is 37.4 Å². The molecule has 0 unspecified atom stereocenters. The number of hydrogen-bond acceptors (Lipinski definition) is 7. The zero-order chi connectivity index (χ0) is 23.7. The molecule has 0 fully saturated rings. The number of non-ortho nitro benzene ring substituents is 1. The Morgan fingerprint density at radius 2 is 1.88 bits per heavy atom. The van der Waals surface area contributed by atoms with Crippen molar-refractivity contribution in [3.63, 3.8) is 0 Å². The number of amides is 1. The van der Waals surface area contributed by atoms with E-state index in [0.29, 0.717) is 17.1 Å². The second kappa shape index (κ2) is 11.3. The van der Waals surface area contributed by atoms with Gasteiger partial charge in [-0.05, 0) is 31.0 Å². The molecule has 1 amide bonds. The molecule has 10 nitrogen and oxygen atoms in total. The lowest BCUT2D eigenvalue weighted by molar-refractivity contribution is -0.384. The molecule has 0 aromatic heterocycles. The van der Waals surface area contributed by atoms with Crippen LogP contribution in [0.2, 0.25) is 0 Å². The van der Waals surface area contributed by atoms with Crippen LogP contribution in [0.5, 0.6) is 11.5 Å². The molecule has 0 spiro atoms. The molecule has 11 heteroatoms. The van der Waals surface area contributed by atoms with Gasteiger partial charge in [0.1, 0.15) is 6.61 Å². The van der Waals surface area contributed by atoms with Crippen LogP contribution >= 0.6 is 0 Å². The highest BCUT2D eigenvalue weighted by Gasteiger charge is 2.22. The van der Waals surface area contributed by atoms with E-state index >= 15 is 0 Å². The van der Waals surface area contributed by atoms with Gasteiger partial charge in [0.15, 0.2) is 11.5 Å². The van der Waals surface area contributed by atoms with Crippen molar-refractivity contribution in [2.45, 2.75) is 19.8 Å². The number of benzene rings is 2. The molecule has 32 heavy (non-hydrogen) atoms. The Morgan fingerprint density at radius 3 is 2.50 bits per heavy atom. The van der Waals surface area contributed by atoms with E-state index in [9.17, 15) is 23.3 Å². The van der Waals surface area contributed by atoms with Crippen molar-refractivity contribution in [3.05, 3.63) is 58.1 Å². The third kappa shape index (κ3) is 7.12. The van der Waals surface area contributed by atoms with Crippen LogP contribution in [0.25, 0.3) is 0 Å². The molecule has 0 saturated carbocycles. The number of ether oxygens (including phenoxy) is 2. The van der Waals surface area contributed by atoms with Gasteiger partial charge in [-0.3, -0.25) is 19.2 Å². The van der Waals surface area contributed by atoms with Crippen molar-refractivity contribution in [1.29, 1.82) is 0 Å². The molecule has 0 saturated heterocycles. The predicted molar refractivity (Wildman–Crippen MR) is 121 cm³/mol. The highest BCUT2D eigenvalue weighted by molar-refractivity contribution is 7.92. The summed E-state index contributed by atoms with van der Waals surface area (Å²) < 4.78 is 36.4. The molecular weight excluding hydrogens is 438 g/mol. The Morgan fingerprint density at radius 1 is 1.19 bits per heavy atom. The maximum Gasteiger partial charge on any atom is 0.271 e. The van der Waals surface area contributed by atoms with Crippen LogP contribution in [0.15, 0.2) is 42.5 Å². The number of hydrogen-bond donors (Lipinski definition) is 1. The lowest BCUT2D eigenvalue weighted by Gasteiger charge is -2.24. The first-order chi connectivity index (χ1) is 15.1. The Hall–Kier alpha value is -3.34. The Kier molecular flexibility index (Phi) is 8.82. The molecule has 2 rings (SSSR count). The van der Waals surface area contributed by atoms with Gasteiger partial charge >= 0.3 is 0 Å². The van der Waals surface area contributed by atoms with Crippen LogP contribution in [0.3, 0.4) is 0 Å². The average Bonchev–Trinajstić information content (AvgIpc) is 2.74. The van der Waals surface area contributed by atoms with E-state index in [4.69, 9.17) is 9.47 Å². The van der Waals surface area contributed by atoms with Crippen molar-refractivity contribution in [2.24, 2.45) is 0 Å². The topological polar surface area (TPSA) is 128 Å². The van der Waals surface area contributed by atoms with Crippen LogP contribution in [-0.4, -0.2) is 52.3 Å². The number of anilines is 1. The Bertz CT molecular complexity index is 1060. The van der Waals surface area contributed by atoms with Gasteiger partial charge < -0.3 is 14.8 Å². The van der Waals surface area contributed by atoms with Crippen LogP contribution in [0, 0.1) is 17.0 Å². The lowest BCUT2D eigenvalue weighted by Crippen LogP contribution is -2.33. The van der Waals surface area contributed by atoms with E-state index in [1.165, 1.54) is 18.2 Å². The van der Waals surface area contributed by atoms with Gasteiger partial charge in [-0.25, -0.2) is 8.42 Å². The van der Waals surface area contributed by atoms with Crippen LogP contribution in [0.1, 0.15) is 18.4 Å². The molecule has 0 heterocycles. The number of para-hydroxylation sites is 2. The lowest BCUT2D eigenvalue weighted by atomic mass is 10.1. The third-order valence-electron chi connectivity index (χ3n) is 4.59. The first-order valence-electron chi connectivity index (χ1n) is 9.88. The number of nitro groups is 1. The van der Waals surface area contributed by atoms with Crippen LogP contribution < -0.4 is 19.1 Å². The number of methoxy groups -OCH3 is 1. The number of nitro benzene ring substituents is 1. The van der Waals surface area contributed by atoms with Crippen molar-refractivity contribution in [3.8, 4) is 11.5 Å². The molecule has 2 aromatic carbocycles. The van der Waals surface area contributed by atoms with E-state index < -0.39 is 14.9 Å². The van der Waals surface area contributed by atoms with Gasteiger partial charge in [0, 0.05) is 25.1 Å². The van der Waals surface area contributed by atoms with Gasteiger partial charge in [0.05, 0.1) is 30.5 Å². The fourth-order valence-electron chi connectivity index (χ4n) is 3.01. The number of rotatable bonds is 12. The van der Waals surface area contributed by atoms with Crippen molar-refractivity contribution in [1.82, 2.24) is 5.32 Å². The number of sulfonamides is 1. The zero-order valence-corrected chi connectivity index (χ0v) is 19.1. The fraction of sp³-hybridized carbons (Fsp3) is 0.381. The summed E-state index contributed by atoms with van der Waals surface area (Å²) in [4.78, 5) is 22.6. The summed E-state index contributed by atoms with van der Waals surface area (Å²) in [5.74, 6) is 0.911. The first kappa shape index (κ1) is 24.9. The van der Waals surface area contributed by atoms with Crippen LogP contribution in [-0.2, 0) is 14.8 Å². The minimum absolute atomic E-state index is 0.0198. The summed E-state index contributed by atoms with van der Waals surface area (Å²) in [6, 6.07) is 11.2. The summed E-state index contributed by atoms with van der Waals surface area (Å²) in [5, 5.41) is 13.8. The summed E-state index contributed by atoms with van der Waals surface area (Å²) in [7, 11) is -2.15. The summed E-state index contributed by atoms with van der Waals surface area (Å²) in [5.41, 5.74) is 0.610. The van der Waals surface area contributed by atoms with E-state index in [1.807, 2.05) is 12.1 Å². The summed E-state index contributed by atoms with van der Waals surface area (Å²) in [6.45, 7) is 2.21. The number of aryl methyl sites for hydroxylation is 1. The molecule has 0 radical (unpaired) electrons. The first-order valence-corrected chi connectivity index (χ1v) is 11.7. The standard InChI is InChI=1S/C21H27N3O7S/c1-16-10-11-17(24(26)27)15-18(16)23(32(3,28)29)13-6-9-21(25)22-12-14-31-20-8-5-4-7-19(20)30-2/h4-5,7-8,10-11,15H,6,9,12-14H2,1-3H3,(H,22,25). The Labute approximate surface area is 187 Å². The maximum absolute atomic E-state index is 12.3. The third-order valence-corrected chi connectivity index (χ3v) is 5.77. The van der Waals surface area contributed by atoms with Crippen molar-refractivity contribution >= 4 is 27.3 Å². The minimum atomic E-state index is -3.69. The molecule has 0 aliphatic carbocycles. The molecular formula is C21H27N3O7S. The largest absolute Gasteiger partial charge is 0.493 e. The normalized spacial score (nSPS) is 11.0. The van der Waals surface area contributed by atoms with E-state index in [1.54, 1.807) is 26.2 Å². The summed E-state index contributed by atoms with van der Waals surface area (Å²) >= 11 is 0. The van der Waals surface area contributed by atoms with Crippen molar-refractivity contribution < 1.29 is 27.6 Å². The van der Waals surface area contributed by atoms with Gasteiger partial charge in [0.25, 0.3) is 5.69 Å². The Balaban J connectivity index is 1.87. The quantitative estimate of drug-likeness (QED) is 0.290. The molecule has 174 valence electrons. The van der Waals surface area contributed by atoms with Gasteiger partial charge in [-0.15, -0.1) is 0 Å². The smallest absolute Gasteiger partial charge is 0.271 e. The van der Waals surface area contributed by atoms with E-state index in [2.05, 4.69) is 5.32 Å². The van der Waals surface area contributed by atoms with Crippen LogP contribution in [0.4, 0.5) is 11.4 Å². The molecule has 0 atom stereocenters. The SMILES string of the molecule is COc1ccccc1OCCNC(=O)CCCN(c1cc([N+](=O)[O-])ccc1C)S(C)(=O)=O. The average molecular weight is 466 g/mol. The molecule has 2 aromatic rings. The number of nitrogens with zero attached hydrogens (tertiary/aromatic N) is 2. The second-order valence-corrected chi connectivity index (χ2v) is 8.92. The molecule has 0 aliphatic heterocycles. The number of nitrogens with one attached hydrogen (secondary N) is 1. The highest BCUT2D eigenvalue weighted by Crippen LogP contribution is 2.28. The predicted octanol–water partition coefficient (Wildman–Crippen LogP) is 2.65. The maximum atomic E-state index is 12.3. The molecule has 1 N–H and O–H groups in total. The second-order valence-electron chi connectivity index (χ2n) is 7.02. The van der Waals surface area contributed by atoms with E-state index in [-0.39, 0.29) is 49.8 Å². The molecule has 0 bridgehead atoms. The van der Waals surface area contributed by atoms with Gasteiger partial charge in [-0.1, -0.05) is 18.2 Å². The fourth-order valence-corrected chi connectivity index (χ4v) is 4.02. The monoisotopic (exact) mass is 465 g/mol. The zero-order valence-electron chi connectivity index (χ0n) is 18.2. The molecule has 0 aliphatic rings. The number of carbonyl (C=O) groups excluding carboxylic acids is 1. The van der Waals surface area contributed by atoms with Gasteiger partial charge in [0.2, 0.25) is 15.9 Å². The highest BCUT2D eigenvalue weighted by atomic mass is 32.2. The minimum Gasteiger partial charge on any atom is -0.493 e. The number of carbonyl (C=O) groups is 1. The van der Waals surface area contributed by atoms with Gasteiger partial charge in [-0.2, -0.15) is 0 Å².